The third-order valence-corrected chi connectivity index (χ3v) is 5.14. The second-order valence-electron chi connectivity index (χ2n) is 6.89. The molecular formula is C22H23N3O4. The molecule has 2 aromatic heterocycles. The highest BCUT2D eigenvalue weighted by Gasteiger charge is 2.34. The topological polar surface area (TPSA) is 76.7 Å². The molecule has 0 aliphatic carbocycles. The first-order chi connectivity index (χ1) is 14.2. The molecule has 0 fully saturated rings. The highest BCUT2D eigenvalue weighted by atomic mass is 16.5. The molecule has 1 aliphatic rings. The number of benzene rings is 1. The Labute approximate surface area is 168 Å². The third-order valence-electron chi connectivity index (χ3n) is 5.14. The number of fused-ring (bicyclic) bond motifs is 1. The van der Waals surface area contributed by atoms with Gasteiger partial charge in [-0.05, 0) is 30.3 Å². The molecule has 0 saturated carbocycles. The fourth-order valence-electron chi connectivity index (χ4n) is 3.77. The van der Waals surface area contributed by atoms with Crippen molar-refractivity contribution in [3.8, 4) is 5.75 Å². The number of hydrogen-bond acceptors (Lipinski definition) is 4. The van der Waals surface area contributed by atoms with Gasteiger partial charge in [0.05, 0.1) is 19.9 Å². The normalized spacial score (nSPS) is 15.6. The summed E-state index contributed by atoms with van der Waals surface area (Å²) in [5.74, 6) is 0.817. The van der Waals surface area contributed by atoms with Crippen LogP contribution in [0.4, 0.5) is 0 Å². The lowest BCUT2D eigenvalue weighted by Gasteiger charge is -2.37. The Kier molecular flexibility index (Phi) is 5.37. The number of ether oxygens (including phenoxy) is 1. The van der Waals surface area contributed by atoms with Gasteiger partial charge in [-0.25, -0.2) is 0 Å². The van der Waals surface area contributed by atoms with Crippen LogP contribution in [0, 0.1) is 0 Å². The Bertz CT molecular complexity index is 993. The SMILES string of the molecule is COc1ccccc1C1c2cccn2CCN1C(=O)CC(=O)NCc1ccco1. The molecule has 4 rings (SSSR count). The summed E-state index contributed by atoms with van der Waals surface area (Å²) in [4.78, 5) is 27.2. The molecule has 3 heterocycles. The maximum Gasteiger partial charge on any atom is 0.232 e. The number of amides is 2. The molecule has 29 heavy (non-hydrogen) atoms. The molecule has 1 aliphatic heterocycles. The fraction of sp³-hybridized carbons (Fsp3) is 0.273. The fourth-order valence-corrected chi connectivity index (χ4v) is 3.77. The van der Waals surface area contributed by atoms with Crippen molar-refractivity contribution >= 4 is 11.8 Å². The largest absolute Gasteiger partial charge is 0.496 e. The van der Waals surface area contributed by atoms with E-state index >= 15 is 0 Å². The summed E-state index contributed by atoms with van der Waals surface area (Å²) in [5.41, 5.74) is 1.91. The molecule has 7 heteroatoms. The quantitative estimate of drug-likeness (QED) is 0.654. The van der Waals surface area contributed by atoms with Crippen LogP contribution in [0.3, 0.4) is 0 Å². The lowest BCUT2D eigenvalue weighted by molar-refractivity contribution is -0.138. The first-order valence-corrected chi connectivity index (χ1v) is 9.54. The van der Waals surface area contributed by atoms with Crippen LogP contribution in [-0.2, 0) is 22.7 Å². The minimum atomic E-state index is -0.328. The molecule has 1 aromatic carbocycles. The van der Waals surface area contributed by atoms with Crippen LogP contribution < -0.4 is 10.1 Å². The van der Waals surface area contributed by atoms with E-state index in [2.05, 4.69) is 9.88 Å². The standard InChI is InChI=1S/C22H23N3O4/c1-28-19-9-3-2-7-17(19)22-18-8-4-10-24(18)11-12-25(22)21(27)14-20(26)23-15-16-6-5-13-29-16/h2-10,13,22H,11-12,14-15H2,1H3,(H,23,26). The zero-order chi connectivity index (χ0) is 20.2. The average Bonchev–Trinajstić information content (AvgIpc) is 3.43. The van der Waals surface area contributed by atoms with Crippen LogP contribution in [-0.4, -0.2) is 34.9 Å². The van der Waals surface area contributed by atoms with Gasteiger partial charge in [-0.2, -0.15) is 0 Å². The van der Waals surface area contributed by atoms with Gasteiger partial charge in [-0.15, -0.1) is 0 Å². The molecule has 0 radical (unpaired) electrons. The lowest BCUT2D eigenvalue weighted by atomic mass is 9.98. The number of nitrogens with zero attached hydrogens (tertiary/aromatic N) is 2. The van der Waals surface area contributed by atoms with Gasteiger partial charge in [0.2, 0.25) is 11.8 Å². The van der Waals surface area contributed by atoms with Gasteiger partial charge < -0.3 is 23.9 Å². The summed E-state index contributed by atoms with van der Waals surface area (Å²) in [7, 11) is 1.62. The van der Waals surface area contributed by atoms with E-state index in [-0.39, 0.29) is 30.8 Å². The van der Waals surface area contributed by atoms with Crippen molar-refractivity contribution in [2.75, 3.05) is 13.7 Å². The predicted octanol–water partition coefficient (Wildman–Crippen LogP) is 2.73. The van der Waals surface area contributed by atoms with E-state index in [1.54, 1.807) is 30.4 Å². The van der Waals surface area contributed by atoms with E-state index in [1.165, 1.54) is 0 Å². The monoisotopic (exact) mass is 393 g/mol. The first-order valence-electron chi connectivity index (χ1n) is 9.54. The number of furan rings is 1. The number of nitrogens with one attached hydrogen (secondary N) is 1. The van der Waals surface area contributed by atoms with E-state index in [0.717, 1.165) is 11.3 Å². The number of rotatable bonds is 6. The molecule has 0 bridgehead atoms. The molecule has 1 unspecified atom stereocenters. The summed E-state index contributed by atoms with van der Waals surface area (Å²) >= 11 is 0. The summed E-state index contributed by atoms with van der Waals surface area (Å²) in [6.07, 6.45) is 3.34. The molecule has 0 saturated heterocycles. The molecule has 1 N–H and O–H groups in total. The lowest BCUT2D eigenvalue weighted by Crippen LogP contribution is -2.44. The minimum absolute atomic E-state index is 0.215. The first kappa shape index (κ1) is 18.9. The van der Waals surface area contributed by atoms with Crippen LogP contribution in [0.25, 0.3) is 0 Å². The Morgan fingerprint density at radius 2 is 2.00 bits per heavy atom. The molecule has 7 nitrogen and oxygen atoms in total. The van der Waals surface area contributed by atoms with Crippen LogP contribution in [0.1, 0.15) is 29.5 Å². The highest BCUT2D eigenvalue weighted by molar-refractivity contribution is 5.97. The average molecular weight is 393 g/mol. The van der Waals surface area contributed by atoms with Gasteiger partial charge >= 0.3 is 0 Å². The van der Waals surface area contributed by atoms with Gasteiger partial charge in [-0.1, -0.05) is 18.2 Å². The maximum atomic E-state index is 13.1. The number of carbonyl (C=O) groups excluding carboxylic acids is 2. The zero-order valence-electron chi connectivity index (χ0n) is 16.2. The summed E-state index contributed by atoms with van der Waals surface area (Å²) < 4.78 is 12.9. The van der Waals surface area contributed by atoms with E-state index < -0.39 is 0 Å². The summed E-state index contributed by atoms with van der Waals surface area (Å²) in [6.45, 7) is 1.47. The van der Waals surface area contributed by atoms with Gasteiger partial charge in [0.25, 0.3) is 0 Å². The second-order valence-corrected chi connectivity index (χ2v) is 6.89. The molecule has 150 valence electrons. The van der Waals surface area contributed by atoms with E-state index in [1.807, 2.05) is 42.6 Å². The Balaban J connectivity index is 1.54. The van der Waals surface area contributed by atoms with Crippen LogP contribution >= 0.6 is 0 Å². The number of aromatic nitrogens is 1. The van der Waals surface area contributed by atoms with Crippen molar-refractivity contribution in [1.29, 1.82) is 0 Å². The molecule has 3 aromatic rings. The van der Waals surface area contributed by atoms with Gasteiger partial charge in [0.15, 0.2) is 0 Å². The number of carbonyl (C=O) groups is 2. The minimum Gasteiger partial charge on any atom is -0.496 e. The van der Waals surface area contributed by atoms with Gasteiger partial charge in [-0.3, -0.25) is 9.59 Å². The summed E-state index contributed by atoms with van der Waals surface area (Å²) in [5, 5.41) is 2.74. The number of methoxy groups -OCH3 is 1. The zero-order valence-corrected chi connectivity index (χ0v) is 16.2. The highest BCUT2D eigenvalue weighted by Crippen LogP contribution is 2.37. The smallest absolute Gasteiger partial charge is 0.232 e. The molecule has 1 atom stereocenters. The third kappa shape index (κ3) is 3.89. The van der Waals surface area contributed by atoms with E-state index in [9.17, 15) is 9.59 Å². The van der Waals surface area contributed by atoms with Crippen molar-refractivity contribution in [2.24, 2.45) is 0 Å². The Hall–Kier alpha value is -3.48. The Morgan fingerprint density at radius 3 is 2.79 bits per heavy atom. The van der Waals surface area contributed by atoms with Crippen LogP contribution in [0.15, 0.2) is 65.4 Å². The van der Waals surface area contributed by atoms with Gasteiger partial charge in [0, 0.05) is 30.5 Å². The van der Waals surface area contributed by atoms with Crippen molar-refractivity contribution < 1.29 is 18.7 Å². The van der Waals surface area contributed by atoms with Crippen LogP contribution in [0.5, 0.6) is 5.75 Å². The van der Waals surface area contributed by atoms with Crippen molar-refractivity contribution in [2.45, 2.75) is 25.6 Å². The number of hydrogen-bond donors (Lipinski definition) is 1. The van der Waals surface area contributed by atoms with Crippen LogP contribution in [0.2, 0.25) is 0 Å². The predicted molar refractivity (Wildman–Crippen MR) is 106 cm³/mol. The number of para-hydroxylation sites is 1. The molecule has 2 amide bonds. The Morgan fingerprint density at radius 1 is 1.14 bits per heavy atom. The maximum absolute atomic E-state index is 13.1. The summed E-state index contributed by atoms with van der Waals surface area (Å²) in [6, 6.07) is 14.9. The van der Waals surface area contributed by atoms with E-state index in [4.69, 9.17) is 9.15 Å². The molecular weight excluding hydrogens is 370 g/mol. The molecule has 0 spiro atoms. The van der Waals surface area contributed by atoms with Crippen molar-refractivity contribution in [3.63, 3.8) is 0 Å². The second kappa shape index (κ2) is 8.26. The van der Waals surface area contributed by atoms with Crippen molar-refractivity contribution in [3.05, 3.63) is 78.0 Å². The van der Waals surface area contributed by atoms with Gasteiger partial charge in [0.1, 0.15) is 24.0 Å². The van der Waals surface area contributed by atoms with E-state index in [0.29, 0.717) is 24.6 Å². The van der Waals surface area contributed by atoms with Crippen molar-refractivity contribution in [1.82, 2.24) is 14.8 Å².